The van der Waals surface area contributed by atoms with Crippen LogP contribution in [0.1, 0.15) is 35.4 Å². The average molecular weight is 506 g/mol. The number of fused-ring (bicyclic) bond motifs is 1. The number of aliphatic hydroxyl groups is 3. The van der Waals surface area contributed by atoms with E-state index >= 15 is 0 Å². The van der Waals surface area contributed by atoms with E-state index in [9.17, 15) is 35.1 Å². The number of hydrogen-bond donors (Lipinski definition) is 5. The van der Waals surface area contributed by atoms with Crippen molar-refractivity contribution in [1.82, 2.24) is 0 Å². The van der Waals surface area contributed by atoms with Gasteiger partial charge in [0.05, 0.1) is 19.1 Å². The summed E-state index contributed by atoms with van der Waals surface area (Å²) in [6.07, 6.45) is -8.66. The molecule has 0 aliphatic carbocycles. The van der Waals surface area contributed by atoms with Crippen molar-refractivity contribution < 1.29 is 58.8 Å². The van der Waals surface area contributed by atoms with Gasteiger partial charge in [-0.15, -0.1) is 0 Å². The molecule has 2 aliphatic rings. The zero-order chi connectivity index (χ0) is 26.1. The molecule has 5 N–H and O–H groups in total. The molecule has 194 valence electrons. The number of aliphatic hydroxyl groups excluding tert-OH is 3. The quantitative estimate of drug-likeness (QED) is 0.344. The summed E-state index contributed by atoms with van der Waals surface area (Å²) in [7, 11) is 1.40. The third-order valence-electron chi connectivity index (χ3n) is 5.96. The summed E-state index contributed by atoms with van der Waals surface area (Å²) >= 11 is 0. The van der Waals surface area contributed by atoms with Gasteiger partial charge in [-0.1, -0.05) is 6.07 Å². The number of hydrogen-bond acceptors (Lipinski definition) is 12. The number of ketones is 1. The molecule has 4 rings (SSSR count). The molecule has 0 aromatic heterocycles. The molecule has 12 heteroatoms. The van der Waals surface area contributed by atoms with E-state index < -0.39 is 55.1 Å². The van der Waals surface area contributed by atoms with Crippen LogP contribution in [0.4, 0.5) is 0 Å². The van der Waals surface area contributed by atoms with Crippen LogP contribution in [0, 0.1) is 0 Å². The number of Topliss-reactive ketones (excluding diaryl/α,β-unsaturated/α-hetero) is 1. The minimum atomic E-state index is -1.72. The first-order chi connectivity index (χ1) is 17.1. The van der Waals surface area contributed by atoms with Gasteiger partial charge >= 0.3 is 5.97 Å². The highest BCUT2D eigenvalue weighted by Crippen LogP contribution is 2.46. The van der Waals surface area contributed by atoms with Gasteiger partial charge < -0.3 is 49.2 Å². The van der Waals surface area contributed by atoms with Crippen LogP contribution in [-0.4, -0.2) is 81.7 Å². The van der Waals surface area contributed by atoms with Crippen LogP contribution in [0.15, 0.2) is 30.3 Å². The Hall–Kier alpha value is -3.58. The molecule has 12 nitrogen and oxygen atoms in total. The molecule has 0 radical (unpaired) electrons. The minimum Gasteiger partial charge on any atom is -0.504 e. The van der Waals surface area contributed by atoms with Gasteiger partial charge in [-0.2, -0.15) is 0 Å². The van der Waals surface area contributed by atoms with Gasteiger partial charge in [0.1, 0.15) is 37.1 Å². The van der Waals surface area contributed by atoms with E-state index in [4.69, 9.17) is 23.7 Å². The van der Waals surface area contributed by atoms with E-state index in [1.54, 1.807) is 6.07 Å². The van der Waals surface area contributed by atoms with Crippen molar-refractivity contribution in [1.29, 1.82) is 0 Å². The van der Waals surface area contributed by atoms with Gasteiger partial charge in [0.2, 0.25) is 12.0 Å². The number of phenolic OH excluding ortho intramolecular Hbond substituents is 2. The van der Waals surface area contributed by atoms with E-state index in [2.05, 4.69) is 0 Å². The highest BCUT2D eigenvalue weighted by molar-refractivity contribution is 6.01. The molecule has 2 aliphatic heterocycles. The SMILES string of the molecule is COc1ccc(C2CC(=O)c3ccc(OC4OC(COC(C)=O)C(O)C(O)C4O)c(O)c3O2)cc1O. The number of methoxy groups -OCH3 is 1. The lowest BCUT2D eigenvalue weighted by Crippen LogP contribution is -2.60. The van der Waals surface area contributed by atoms with Crippen LogP contribution in [-0.2, 0) is 14.3 Å². The number of phenols is 2. The first-order valence-corrected chi connectivity index (χ1v) is 11.0. The third kappa shape index (κ3) is 4.88. The normalized spacial score (nSPS) is 27.5. The molecule has 0 spiro atoms. The highest BCUT2D eigenvalue weighted by atomic mass is 16.7. The second-order valence-corrected chi connectivity index (χ2v) is 8.39. The summed E-state index contributed by atoms with van der Waals surface area (Å²) in [4.78, 5) is 23.8. The molecule has 0 amide bonds. The van der Waals surface area contributed by atoms with E-state index in [-0.39, 0.29) is 40.8 Å². The molecule has 6 atom stereocenters. The molecule has 0 saturated carbocycles. The fraction of sp³-hybridized carbons (Fsp3) is 0.417. The van der Waals surface area contributed by atoms with E-state index in [1.165, 1.54) is 31.4 Å². The average Bonchev–Trinajstić information content (AvgIpc) is 2.85. The topological polar surface area (TPSA) is 181 Å². The first-order valence-electron chi connectivity index (χ1n) is 11.0. The Balaban J connectivity index is 1.57. The van der Waals surface area contributed by atoms with Crippen molar-refractivity contribution in [2.75, 3.05) is 13.7 Å². The van der Waals surface area contributed by atoms with Gasteiger partial charge in [0.15, 0.2) is 28.8 Å². The molecule has 1 fully saturated rings. The smallest absolute Gasteiger partial charge is 0.302 e. The Labute approximate surface area is 205 Å². The zero-order valence-corrected chi connectivity index (χ0v) is 19.4. The standard InChI is InChI=1S/C24H26O12/c1-10(25)33-9-18-19(28)21(30)22(31)24(36-18)35-16-6-4-12-13(26)8-17(34-23(12)20(16)29)11-3-5-15(32-2)14(27)7-11/h3-7,17-19,21-22,24,27-31H,8-9H2,1-2H3. The van der Waals surface area contributed by atoms with Gasteiger partial charge in [-0.3, -0.25) is 9.59 Å². The Morgan fingerprint density at radius 2 is 1.78 bits per heavy atom. The number of carbonyl (C=O) groups is 2. The maximum atomic E-state index is 12.7. The molecule has 36 heavy (non-hydrogen) atoms. The van der Waals surface area contributed by atoms with Crippen LogP contribution in [0.3, 0.4) is 0 Å². The predicted molar refractivity (Wildman–Crippen MR) is 119 cm³/mol. The van der Waals surface area contributed by atoms with E-state index in [1.807, 2.05) is 0 Å². The summed E-state index contributed by atoms with van der Waals surface area (Å²) in [6, 6.07) is 7.15. The van der Waals surface area contributed by atoms with Gasteiger partial charge in [-0.25, -0.2) is 0 Å². The largest absolute Gasteiger partial charge is 0.504 e. The van der Waals surface area contributed by atoms with Crippen molar-refractivity contribution in [3.8, 4) is 28.7 Å². The molecule has 2 heterocycles. The summed E-state index contributed by atoms with van der Waals surface area (Å²) in [5, 5.41) is 51.6. The summed E-state index contributed by atoms with van der Waals surface area (Å²) in [6.45, 7) is 0.742. The molecule has 2 aromatic rings. The monoisotopic (exact) mass is 506 g/mol. The van der Waals surface area contributed by atoms with Crippen molar-refractivity contribution in [3.63, 3.8) is 0 Å². The van der Waals surface area contributed by atoms with E-state index in [0.29, 0.717) is 5.56 Å². The second-order valence-electron chi connectivity index (χ2n) is 8.39. The Kier molecular flexibility index (Phi) is 7.22. The van der Waals surface area contributed by atoms with Crippen molar-refractivity contribution >= 4 is 11.8 Å². The lowest BCUT2D eigenvalue weighted by molar-refractivity contribution is -0.278. The van der Waals surface area contributed by atoms with Crippen molar-refractivity contribution in [2.24, 2.45) is 0 Å². The van der Waals surface area contributed by atoms with Gasteiger partial charge in [-0.05, 0) is 29.8 Å². The molecule has 6 unspecified atom stereocenters. The van der Waals surface area contributed by atoms with E-state index in [0.717, 1.165) is 6.92 Å². The number of carbonyl (C=O) groups excluding carboxylic acids is 2. The fourth-order valence-electron chi connectivity index (χ4n) is 4.02. The fourth-order valence-corrected chi connectivity index (χ4v) is 4.02. The molecular formula is C24H26O12. The Morgan fingerprint density at radius 3 is 2.44 bits per heavy atom. The predicted octanol–water partition coefficient (Wildman–Crippen LogP) is 0.562. The number of aromatic hydroxyl groups is 2. The van der Waals surface area contributed by atoms with Crippen LogP contribution < -0.4 is 14.2 Å². The Bertz CT molecular complexity index is 1150. The maximum absolute atomic E-state index is 12.7. The van der Waals surface area contributed by atoms with Crippen LogP contribution in [0.25, 0.3) is 0 Å². The lowest BCUT2D eigenvalue weighted by Gasteiger charge is -2.40. The summed E-state index contributed by atoms with van der Waals surface area (Å²) in [5.74, 6) is -1.85. The first kappa shape index (κ1) is 25.5. The zero-order valence-electron chi connectivity index (χ0n) is 19.4. The molecule has 0 bridgehead atoms. The summed E-state index contributed by atoms with van der Waals surface area (Å²) in [5.41, 5.74) is 0.566. The number of esters is 1. The Morgan fingerprint density at radius 1 is 1.06 bits per heavy atom. The molecule has 2 aromatic carbocycles. The van der Waals surface area contributed by atoms with Gasteiger partial charge in [0, 0.05) is 6.92 Å². The second kappa shape index (κ2) is 10.2. The summed E-state index contributed by atoms with van der Waals surface area (Å²) < 4.78 is 26.7. The third-order valence-corrected chi connectivity index (χ3v) is 5.96. The molecule has 1 saturated heterocycles. The number of ether oxygens (including phenoxy) is 5. The molecular weight excluding hydrogens is 480 g/mol. The highest BCUT2D eigenvalue weighted by Gasteiger charge is 2.46. The van der Waals surface area contributed by atoms with Crippen LogP contribution in [0.2, 0.25) is 0 Å². The van der Waals surface area contributed by atoms with Crippen molar-refractivity contribution in [3.05, 3.63) is 41.5 Å². The minimum absolute atomic E-state index is 0.0508. The number of benzene rings is 2. The van der Waals surface area contributed by atoms with Crippen LogP contribution >= 0.6 is 0 Å². The number of rotatable bonds is 6. The van der Waals surface area contributed by atoms with Crippen LogP contribution in [0.5, 0.6) is 28.7 Å². The van der Waals surface area contributed by atoms with Crippen molar-refractivity contribution in [2.45, 2.75) is 50.2 Å². The maximum Gasteiger partial charge on any atom is 0.302 e. The van der Waals surface area contributed by atoms with Gasteiger partial charge in [0.25, 0.3) is 0 Å². The lowest BCUT2D eigenvalue weighted by atomic mass is 9.95.